The van der Waals surface area contributed by atoms with Crippen molar-refractivity contribution in [1.29, 1.82) is 0 Å². The lowest BCUT2D eigenvalue weighted by atomic mass is 10.1. The van der Waals surface area contributed by atoms with Crippen molar-refractivity contribution in [3.05, 3.63) is 16.7 Å². The fourth-order valence-electron chi connectivity index (χ4n) is 3.16. The number of aliphatic hydroxyl groups is 1. The minimum Gasteiger partial charge on any atom is -0.456 e. The molecule has 13 nitrogen and oxygen atoms in total. The fraction of sp³-hybridized carbons (Fsp3) is 0.556. The number of amides is 1. The van der Waals surface area contributed by atoms with E-state index in [1.807, 2.05) is 0 Å². The van der Waals surface area contributed by atoms with Crippen LogP contribution in [0.25, 0.3) is 11.2 Å². The molecule has 3 heterocycles. The largest absolute Gasteiger partial charge is 0.456 e. The Morgan fingerprint density at radius 3 is 2.48 bits per heavy atom. The zero-order valence-corrected chi connectivity index (χ0v) is 17.3. The molecular weight excluding hydrogens is 414 g/mol. The number of carbonyl (C=O) groups is 3. The van der Waals surface area contributed by atoms with Crippen LogP contribution in [0.15, 0.2) is 11.1 Å². The quantitative estimate of drug-likeness (QED) is 0.498. The molecule has 0 aliphatic carbocycles. The van der Waals surface area contributed by atoms with Crippen LogP contribution in [-0.4, -0.2) is 67.4 Å². The molecule has 0 unspecified atom stereocenters. The van der Waals surface area contributed by atoms with Crippen LogP contribution in [0.2, 0.25) is 0 Å². The van der Waals surface area contributed by atoms with Gasteiger partial charge in [-0.05, 0) is 0 Å². The van der Waals surface area contributed by atoms with Crippen LogP contribution in [0.3, 0.4) is 0 Å². The topological polar surface area (TPSA) is 175 Å². The van der Waals surface area contributed by atoms with Gasteiger partial charge in [-0.2, -0.15) is 4.98 Å². The molecule has 0 saturated carbocycles. The van der Waals surface area contributed by atoms with Crippen LogP contribution in [0.5, 0.6) is 0 Å². The summed E-state index contributed by atoms with van der Waals surface area (Å²) in [6, 6.07) is 0. The molecule has 1 amide bonds. The normalized spacial score (nSPS) is 23.2. The second-order valence-corrected chi connectivity index (χ2v) is 7.28. The molecule has 31 heavy (non-hydrogen) atoms. The SMILES string of the molecule is CC(=O)O[C@@H]1[C@H](OC(C)=O)[C@@H](CO)O[C@H]1n1cnc2c(=O)[nH]c(NC(=O)C(C)C)nc21. The molecule has 1 fully saturated rings. The number of rotatable bonds is 6. The molecule has 1 aliphatic heterocycles. The highest BCUT2D eigenvalue weighted by Gasteiger charge is 2.50. The smallest absolute Gasteiger partial charge is 0.303 e. The van der Waals surface area contributed by atoms with E-state index in [0.717, 1.165) is 0 Å². The van der Waals surface area contributed by atoms with Crippen molar-refractivity contribution in [3.63, 3.8) is 0 Å². The lowest BCUT2D eigenvalue weighted by Gasteiger charge is -2.23. The van der Waals surface area contributed by atoms with E-state index in [1.165, 1.54) is 24.7 Å². The summed E-state index contributed by atoms with van der Waals surface area (Å²) in [6.45, 7) is 5.17. The highest BCUT2D eigenvalue weighted by Crippen LogP contribution is 2.35. The summed E-state index contributed by atoms with van der Waals surface area (Å²) in [6.07, 6.45) is -3.12. The molecule has 0 aromatic carbocycles. The lowest BCUT2D eigenvalue weighted by Crippen LogP contribution is -2.40. The number of hydrogen-bond acceptors (Lipinski definition) is 10. The van der Waals surface area contributed by atoms with Gasteiger partial charge in [0, 0.05) is 19.8 Å². The molecule has 0 spiro atoms. The number of H-pyrrole nitrogens is 1. The molecule has 0 radical (unpaired) electrons. The summed E-state index contributed by atoms with van der Waals surface area (Å²) in [4.78, 5) is 58.3. The number of hydrogen-bond donors (Lipinski definition) is 3. The van der Waals surface area contributed by atoms with Gasteiger partial charge in [-0.25, -0.2) is 4.98 Å². The second kappa shape index (κ2) is 8.81. The molecule has 3 N–H and O–H groups in total. The first-order valence-corrected chi connectivity index (χ1v) is 9.50. The van der Waals surface area contributed by atoms with Crippen molar-refractivity contribution in [1.82, 2.24) is 19.5 Å². The van der Waals surface area contributed by atoms with E-state index >= 15 is 0 Å². The zero-order valence-electron chi connectivity index (χ0n) is 17.3. The van der Waals surface area contributed by atoms with Crippen molar-refractivity contribution in [3.8, 4) is 0 Å². The van der Waals surface area contributed by atoms with E-state index in [4.69, 9.17) is 14.2 Å². The second-order valence-electron chi connectivity index (χ2n) is 7.28. The Kier molecular flexibility index (Phi) is 6.36. The van der Waals surface area contributed by atoms with Crippen molar-refractivity contribution >= 4 is 35.0 Å². The fourth-order valence-corrected chi connectivity index (χ4v) is 3.16. The highest BCUT2D eigenvalue weighted by atomic mass is 16.6. The molecular formula is C18H23N5O8. The number of aliphatic hydroxyl groups excluding tert-OH is 1. The molecule has 168 valence electrons. The number of fused-ring (bicyclic) bond motifs is 1. The molecule has 2 aromatic heterocycles. The third-order valence-electron chi connectivity index (χ3n) is 4.54. The number of anilines is 1. The number of nitrogens with zero attached hydrogens (tertiary/aromatic N) is 3. The van der Waals surface area contributed by atoms with Crippen LogP contribution in [0, 0.1) is 5.92 Å². The summed E-state index contributed by atoms with van der Waals surface area (Å²) < 4.78 is 17.6. The van der Waals surface area contributed by atoms with Gasteiger partial charge in [0.25, 0.3) is 5.56 Å². The standard InChI is InChI=1S/C18H23N5O8/c1-7(2)15(27)21-18-20-14-11(16(28)22-18)19-6-23(14)17-13(30-9(4)26)12(29-8(3)25)10(5-24)31-17/h6-7,10,12-13,17,24H,5H2,1-4H3,(H2,20,21,22,27,28)/t10-,12-,13-,17-/m1/s1. The van der Waals surface area contributed by atoms with E-state index in [1.54, 1.807) is 13.8 Å². The Hall–Kier alpha value is -3.32. The average molecular weight is 437 g/mol. The Morgan fingerprint density at radius 1 is 1.26 bits per heavy atom. The van der Waals surface area contributed by atoms with Crippen LogP contribution in [-0.2, 0) is 28.6 Å². The summed E-state index contributed by atoms with van der Waals surface area (Å²) in [5.74, 6) is -2.15. The van der Waals surface area contributed by atoms with Gasteiger partial charge >= 0.3 is 11.9 Å². The summed E-state index contributed by atoms with van der Waals surface area (Å²) in [5.41, 5.74) is -0.630. The first-order valence-electron chi connectivity index (χ1n) is 9.50. The maximum atomic E-state index is 12.4. The van der Waals surface area contributed by atoms with Gasteiger partial charge in [0.1, 0.15) is 6.10 Å². The van der Waals surface area contributed by atoms with Gasteiger partial charge in [0.05, 0.1) is 12.9 Å². The van der Waals surface area contributed by atoms with E-state index < -0.39 is 48.6 Å². The highest BCUT2D eigenvalue weighted by molar-refractivity contribution is 5.91. The van der Waals surface area contributed by atoms with Crippen LogP contribution < -0.4 is 10.9 Å². The van der Waals surface area contributed by atoms with Gasteiger partial charge in [-0.1, -0.05) is 13.8 Å². The predicted molar refractivity (Wildman–Crippen MR) is 104 cm³/mol. The third kappa shape index (κ3) is 4.56. The zero-order chi connectivity index (χ0) is 22.9. The molecule has 1 saturated heterocycles. The molecule has 4 atom stereocenters. The Labute approximate surface area is 175 Å². The van der Waals surface area contributed by atoms with Crippen molar-refractivity contribution in [2.45, 2.75) is 52.2 Å². The van der Waals surface area contributed by atoms with Crippen LogP contribution >= 0.6 is 0 Å². The number of aromatic amines is 1. The monoisotopic (exact) mass is 437 g/mol. The number of ether oxygens (including phenoxy) is 3. The van der Waals surface area contributed by atoms with Gasteiger partial charge < -0.3 is 19.3 Å². The number of esters is 2. The van der Waals surface area contributed by atoms with Crippen molar-refractivity contribution in [2.75, 3.05) is 11.9 Å². The van der Waals surface area contributed by atoms with E-state index in [-0.39, 0.29) is 28.9 Å². The number of aromatic nitrogens is 4. The average Bonchev–Trinajstić information content (AvgIpc) is 3.23. The minimum absolute atomic E-state index is 0.0325. The van der Waals surface area contributed by atoms with Crippen molar-refractivity contribution in [2.24, 2.45) is 5.92 Å². The maximum Gasteiger partial charge on any atom is 0.303 e. The number of imidazole rings is 1. The Bertz CT molecular complexity index is 1060. The first kappa shape index (κ1) is 22.4. The number of nitrogens with one attached hydrogen (secondary N) is 2. The summed E-state index contributed by atoms with van der Waals surface area (Å²) >= 11 is 0. The summed E-state index contributed by atoms with van der Waals surface area (Å²) in [5, 5.41) is 12.2. The Balaban J connectivity index is 2.06. The first-order chi connectivity index (χ1) is 14.6. The van der Waals surface area contributed by atoms with Crippen molar-refractivity contribution < 1.29 is 33.7 Å². The van der Waals surface area contributed by atoms with Gasteiger partial charge in [0.15, 0.2) is 29.6 Å². The summed E-state index contributed by atoms with van der Waals surface area (Å²) in [7, 11) is 0. The molecule has 3 rings (SSSR count). The molecule has 0 bridgehead atoms. The maximum absolute atomic E-state index is 12.4. The van der Waals surface area contributed by atoms with Crippen LogP contribution in [0.1, 0.15) is 33.9 Å². The van der Waals surface area contributed by atoms with E-state index in [9.17, 15) is 24.3 Å². The predicted octanol–water partition coefficient (Wildman–Crippen LogP) is -0.533. The molecule has 2 aromatic rings. The lowest BCUT2D eigenvalue weighted by molar-refractivity contribution is -0.165. The van der Waals surface area contributed by atoms with Gasteiger partial charge in [0.2, 0.25) is 11.9 Å². The van der Waals surface area contributed by atoms with Crippen LogP contribution in [0.4, 0.5) is 5.95 Å². The molecule has 13 heteroatoms. The molecule has 1 aliphatic rings. The van der Waals surface area contributed by atoms with E-state index in [0.29, 0.717) is 0 Å². The van der Waals surface area contributed by atoms with Gasteiger partial charge in [-0.15, -0.1) is 0 Å². The minimum atomic E-state index is -1.15. The van der Waals surface area contributed by atoms with E-state index in [2.05, 4.69) is 20.3 Å². The van der Waals surface area contributed by atoms with Gasteiger partial charge in [-0.3, -0.25) is 34.0 Å². The third-order valence-corrected chi connectivity index (χ3v) is 4.54. The number of carbonyl (C=O) groups excluding carboxylic acids is 3. The Morgan fingerprint density at radius 2 is 1.90 bits per heavy atom.